The van der Waals surface area contributed by atoms with Gasteiger partial charge in [0.1, 0.15) is 0 Å². The second kappa shape index (κ2) is 5.83. The summed E-state index contributed by atoms with van der Waals surface area (Å²) in [6.45, 7) is 0.274. The number of aliphatic hydroxyl groups is 1. The molecule has 0 aromatic heterocycles. The van der Waals surface area contributed by atoms with Crippen LogP contribution in [0.15, 0.2) is 59.5 Å². The molecule has 1 heterocycles. The fourth-order valence-electron chi connectivity index (χ4n) is 3.86. The standard InChI is InChI=1S/C19H22N2O3S/c1-20-18-15-9-5-6-10-17(15)21(13-16(18)19(22)11-12-19)25(23,24)14-7-3-2-4-8-14/h2-10,16,18,20,22H,11-13H2,1H3/t16-,18+/m1/s1. The molecule has 132 valence electrons. The number of hydrogen-bond donors (Lipinski definition) is 2. The van der Waals surface area contributed by atoms with Gasteiger partial charge in [-0.3, -0.25) is 4.31 Å². The van der Waals surface area contributed by atoms with Gasteiger partial charge in [0.2, 0.25) is 0 Å². The number of anilines is 1. The lowest BCUT2D eigenvalue weighted by molar-refractivity contribution is 0.0634. The Balaban J connectivity index is 1.85. The van der Waals surface area contributed by atoms with Crippen molar-refractivity contribution in [3.8, 4) is 0 Å². The van der Waals surface area contributed by atoms with Crippen molar-refractivity contribution in [3.05, 3.63) is 60.2 Å². The summed E-state index contributed by atoms with van der Waals surface area (Å²) in [7, 11) is -1.82. The Labute approximate surface area is 148 Å². The Hall–Kier alpha value is -1.89. The third kappa shape index (κ3) is 2.65. The van der Waals surface area contributed by atoms with Gasteiger partial charge in [-0.15, -0.1) is 0 Å². The Morgan fingerprint density at radius 1 is 1.08 bits per heavy atom. The van der Waals surface area contributed by atoms with Gasteiger partial charge in [-0.1, -0.05) is 36.4 Å². The van der Waals surface area contributed by atoms with E-state index in [0.717, 1.165) is 18.4 Å². The largest absolute Gasteiger partial charge is 0.389 e. The minimum Gasteiger partial charge on any atom is -0.389 e. The van der Waals surface area contributed by atoms with Gasteiger partial charge in [-0.25, -0.2) is 8.42 Å². The highest BCUT2D eigenvalue weighted by molar-refractivity contribution is 7.92. The van der Waals surface area contributed by atoms with Crippen LogP contribution >= 0.6 is 0 Å². The molecule has 5 nitrogen and oxygen atoms in total. The van der Waals surface area contributed by atoms with Gasteiger partial charge in [0.15, 0.2) is 0 Å². The molecule has 0 radical (unpaired) electrons. The zero-order valence-corrected chi connectivity index (χ0v) is 14.9. The van der Waals surface area contributed by atoms with Crippen LogP contribution in [0.2, 0.25) is 0 Å². The first kappa shape index (κ1) is 16.6. The van der Waals surface area contributed by atoms with Gasteiger partial charge >= 0.3 is 0 Å². The van der Waals surface area contributed by atoms with Gasteiger partial charge in [0.25, 0.3) is 10.0 Å². The third-order valence-electron chi connectivity index (χ3n) is 5.40. The van der Waals surface area contributed by atoms with Crippen LogP contribution < -0.4 is 9.62 Å². The smallest absolute Gasteiger partial charge is 0.264 e. The fourth-order valence-corrected chi connectivity index (χ4v) is 5.40. The van der Waals surface area contributed by atoms with Gasteiger partial charge < -0.3 is 10.4 Å². The van der Waals surface area contributed by atoms with Gasteiger partial charge in [-0.05, 0) is 43.7 Å². The van der Waals surface area contributed by atoms with Crippen LogP contribution in [-0.2, 0) is 10.0 Å². The molecule has 0 spiro atoms. The molecule has 2 aromatic rings. The van der Waals surface area contributed by atoms with Gasteiger partial charge in [0, 0.05) is 18.5 Å². The van der Waals surface area contributed by atoms with E-state index in [1.165, 1.54) is 4.31 Å². The van der Waals surface area contributed by atoms with Gasteiger partial charge in [0.05, 0.1) is 16.2 Å². The van der Waals surface area contributed by atoms with Crippen LogP contribution in [0, 0.1) is 5.92 Å². The number of rotatable bonds is 4. The lowest BCUT2D eigenvalue weighted by Gasteiger charge is -2.42. The molecule has 2 aromatic carbocycles. The lowest BCUT2D eigenvalue weighted by atomic mass is 9.83. The zero-order valence-electron chi connectivity index (χ0n) is 14.1. The lowest BCUT2D eigenvalue weighted by Crippen LogP contribution is -2.49. The number of benzene rings is 2. The Kier molecular flexibility index (Phi) is 3.86. The number of fused-ring (bicyclic) bond motifs is 1. The summed E-state index contributed by atoms with van der Waals surface area (Å²) in [5.74, 6) is -0.175. The molecule has 1 aliphatic heterocycles. The Morgan fingerprint density at radius 3 is 2.36 bits per heavy atom. The highest BCUT2D eigenvalue weighted by atomic mass is 32.2. The van der Waals surface area contributed by atoms with Crippen LogP contribution in [-0.4, -0.2) is 32.7 Å². The number of hydrogen-bond acceptors (Lipinski definition) is 4. The van der Waals surface area contributed by atoms with Crippen molar-refractivity contribution < 1.29 is 13.5 Å². The molecule has 2 N–H and O–H groups in total. The molecule has 0 unspecified atom stereocenters. The fraction of sp³-hybridized carbons (Fsp3) is 0.368. The maximum atomic E-state index is 13.3. The molecule has 4 rings (SSSR count). The Bertz CT molecular complexity index is 879. The first-order valence-corrected chi connectivity index (χ1v) is 9.98. The molecule has 1 aliphatic carbocycles. The van der Waals surface area contributed by atoms with E-state index in [-0.39, 0.29) is 23.4 Å². The molecule has 0 amide bonds. The molecule has 2 aliphatic rings. The van der Waals surface area contributed by atoms with Crippen molar-refractivity contribution >= 4 is 15.7 Å². The van der Waals surface area contributed by atoms with Crippen molar-refractivity contribution in [1.82, 2.24) is 5.32 Å². The highest BCUT2D eigenvalue weighted by Crippen LogP contribution is 2.52. The summed E-state index contributed by atoms with van der Waals surface area (Å²) in [6.07, 6.45) is 1.44. The predicted molar refractivity (Wildman–Crippen MR) is 96.9 cm³/mol. The molecule has 25 heavy (non-hydrogen) atoms. The Morgan fingerprint density at radius 2 is 1.72 bits per heavy atom. The van der Waals surface area contributed by atoms with Crippen molar-refractivity contribution in [2.75, 3.05) is 17.9 Å². The van der Waals surface area contributed by atoms with E-state index >= 15 is 0 Å². The molecule has 2 atom stereocenters. The summed E-state index contributed by atoms with van der Waals surface area (Å²) in [5, 5.41) is 14.1. The van der Waals surface area contributed by atoms with E-state index in [0.29, 0.717) is 5.69 Å². The van der Waals surface area contributed by atoms with Crippen LogP contribution in [0.5, 0.6) is 0 Å². The summed E-state index contributed by atoms with van der Waals surface area (Å²) in [6, 6.07) is 16.0. The topological polar surface area (TPSA) is 69.6 Å². The number of nitrogens with one attached hydrogen (secondary N) is 1. The third-order valence-corrected chi connectivity index (χ3v) is 7.19. The van der Waals surface area contributed by atoms with Crippen molar-refractivity contribution in [2.24, 2.45) is 5.92 Å². The highest BCUT2D eigenvalue weighted by Gasteiger charge is 2.54. The maximum absolute atomic E-state index is 13.3. The van der Waals surface area contributed by atoms with Crippen LogP contribution in [0.25, 0.3) is 0 Å². The monoisotopic (exact) mass is 358 g/mol. The number of nitrogens with zero attached hydrogens (tertiary/aromatic N) is 1. The van der Waals surface area contributed by atoms with Crippen molar-refractivity contribution in [2.45, 2.75) is 29.4 Å². The zero-order chi connectivity index (χ0) is 17.7. The SMILES string of the molecule is CN[C@H]1c2ccccc2N(S(=O)(=O)c2ccccc2)C[C@H]1C1(O)CC1. The second-order valence-corrected chi connectivity index (χ2v) is 8.75. The molecular formula is C19H22N2O3S. The quantitative estimate of drug-likeness (QED) is 0.880. The van der Waals surface area contributed by atoms with Crippen molar-refractivity contribution in [3.63, 3.8) is 0 Å². The van der Waals surface area contributed by atoms with E-state index in [1.54, 1.807) is 30.3 Å². The molecule has 6 heteroatoms. The maximum Gasteiger partial charge on any atom is 0.264 e. The molecule has 1 saturated carbocycles. The predicted octanol–water partition coefficient (Wildman–Crippen LogP) is 2.30. The van der Waals surface area contributed by atoms with Crippen LogP contribution in [0.3, 0.4) is 0 Å². The summed E-state index contributed by atoms with van der Waals surface area (Å²) in [5.41, 5.74) is 0.818. The van der Waals surface area contributed by atoms with E-state index < -0.39 is 15.6 Å². The van der Waals surface area contributed by atoms with Crippen LogP contribution in [0.1, 0.15) is 24.4 Å². The average Bonchev–Trinajstić information content (AvgIpc) is 3.39. The van der Waals surface area contributed by atoms with E-state index in [4.69, 9.17) is 0 Å². The first-order chi connectivity index (χ1) is 12.0. The minimum absolute atomic E-state index is 0.0640. The van der Waals surface area contributed by atoms with E-state index in [1.807, 2.05) is 31.3 Å². The number of sulfonamides is 1. The summed E-state index contributed by atoms with van der Waals surface area (Å²) in [4.78, 5) is 0.272. The van der Waals surface area contributed by atoms with Crippen molar-refractivity contribution in [1.29, 1.82) is 0 Å². The number of para-hydroxylation sites is 1. The van der Waals surface area contributed by atoms with Gasteiger partial charge in [-0.2, -0.15) is 0 Å². The molecular weight excluding hydrogens is 336 g/mol. The molecule has 0 bridgehead atoms. The summed E-state index contributed by atoms with van der Waals surface area (Å²) >= 11 is 0. The first-order valence-electron chi connectivity index (χ1n) is 8.54. The van der Waals surface area contributed by atoms with Crippen LogP contribution in [0.4, 0.5) is 5.69 Å². The minimum atomic E-state index is -3.68. The molecule has 0 saturated heterocycles. The van der Waals surface area contributed by atoms with E-state index in [9.17, 15) is 13.5 Å². The normalized spacial score (nSPS) is 24.6. The average molecular weight is 358 g/mol. The van der Waals surface area contributed by atoms with E-state index in [2.05, 4.69) is 5.32 Å². The second-order valence-electron chi connectivity index (χ2n) is 6.88. The molecule has 1 fully saturated rings. The summed E-state index contributed by atoms with van der Waals surface area (Å²) < 4.78 is 28.0.